The molecule has 4 fully saturated rings. The van der Waals surface area contributed by atoms with Gasteiger partial charge in [0, 0.05) is 6.54 Å². The SMILES string of the molecule is C=C(C)[C@@H]1CC[C@]2(CNC(CC(=O)OC)C(=O)OC)CC[C@]3(C)[C@H](CC[C@@H]4[C@@]5(C)CC=C(c6ccc(C(=O)O)cc6)C(C)(C)[C@@H]5CC[C@]43C)[C@@H]12. The number of methoxy groups -OCH3 is 2. The minimum atomic E-state index is -0.885. The van der Waals surface area contributed by atoms with E-state index in [0.717, 1.165) is 31.2 Å². The molecule has 1 aromatic carbocycles. The molecule has 4 saturated carbocycles. The van der Waals surface area contributed by atoms with E-state index < -0.39 is 23.9 Å². The Kier molecular flexibility index (Phi) is 9.53. The van der Waals surface area contributed by atoms with Gasteiger partial charge in [-0.15, -0.1) is 0 Å². The quantitative estimate of drug-likeness (QED) is 0.198. The number of fused-ring (bicyclic) bond motifs is 7. The number of carboxylic acids is 1. The lowest BCUT2D eigenvalue weighted by Crippen LogP contribution is -2.66. The van der Waals surface area contributed by atoms with Gasteiger partial charge in [0.05, 0.1) is 26.2 Å². The zero-order valence-electron chi connectivity index (χ0n) is 31.8. The number of allylic oxidation sites excluding steroid dienone is 3. The number of hydrogen-bond acceptors (Lipinski definition) is 6. The van der Waals surface area contributed by atoms with Crippen LogP contribution in [0.25, 0.3) is 5.57 Å². The molecule has 0 spiro atoms. The maximum Gasteiger partial charge on any atom is 0.335 e. The first kappa shape index (κ1) is 36.8. The third-order valence-corrected chi connectivity index (χ3v) is 16.0. The van der Waals surface area contributed by atoms with E-state index in [1.165, 1.54) is 57.5 Å². The highest BCUT2D eigenvalue weighted by atomic mass is 16.5. The van der Waals surface area contributed by atoms with Crippen molar-refractivity contribution in [2.24, 2.45) is 56.7 Å². The first-order valence-corrected chi connectivity index (χ1v) is 19.1. The molecule has 6 rings (SSSR count). The van der Waals surface area contributed by atoms with Gasteiger partial charge in [-0.2, -0.15) is 0 Å². The second kappa shape index (κ2) is 12.9. The van der Waals surface area contributed by atoms with Gasteiger partial charge in [0.15, 0.2) is 0 Å². The number of carboxylic acid groups (broad SMARTS) is 1. The fourth-order valence-electron chi connectivity index (χ4n) is 13.4. The molecule has 0 heterocycles. The summed E-state index contributed by atoms with van der Waals surface area (Å²) >= 11 is 0. The van der Waals surface area contributed by atoms with E-state index in [1.54, 1.807) is 12.1 Å². The van der Waals surface area contributed by atoms with Gasteiger partial charge in [-0.3, -0.25) is 9.59 Å². The standard InChI is InChI=1S/C43H61NO6/c1-26(2)29-16-21-43(25-44-32(38(48)50-9)24-35(45)49-8)23-22-41(6)31(36(29)43)14-15-34-40(5)19-17-30(27-10-12-28(13-11-27)37(46)47)39(3,4)33(40)18-20-42(34,41)7/h10-13,17,29,31-34,36,44H,1,14-16,18-25H2,2-9H3,(H,46,47)/t29-,31+,32?,33-,34+,36+,40-,41+,42+,43+/m0/s1. The van der Waals surface area contributed by atoms with E-state index >= 15 is 0 Å². The number of rotatable bonds is 9. The molecule has 0 bridgehead atoms. The van der Waals surface area contributed by atoms with Crippen molar-refractivity contribution in [3.63, 3.8) is 0 Å². The Hall–Kier alpha value is -2.93. The Morgan fingerprint density at radius 2 is 1.60 bits per heavy atom. The van der Waals surface area contributed by atoms with Crippen LogP contribution < -0.4 is 5.32 Å². The molecule has 0 amide bonds. The molecule has 0 saturated heterocycles. The number of carbonyl (C=O) groups excluding carboxylic acids is 2. The van der Waals surface area contributed by atoms with E-state index in [2.05, 4.69) is 59.5 Å². The maximum absolute atomic E-state index is 12.8. The minimum absolute atomic E-state index is 0.0267. The summed E-state index contributed by atoms with van der Waals surface area (Å²) in [5, 5.41) is 13.0. The molecule has 7 heteroatoms. The molecule has 274 valence electrons. The molecule has 0 aliphatic heterocycles. The molecule has 1 unspecified atom stereocenters. The van der Waals surface area contributed by atoms with Crippen molar-refractivity contribution < 1.29 is 29.0 Å². The average Bonchev–Trinajstić information content (AvgIpc) is 3.46. The Balaban J connectivity index is 1.31. The van der Waals surface area contributed by atoms with Gasteiger partial charge >= 0.3 is 17.9 Å². The van der Waals surface area contributed by atoms with Gasteiger partial charge < -0.3 is 19.9 Å². The van der Waals surface area contributed by atoms with Crippen molar-refractivity contribution in [3.8, 4) is 0 Å². The number of esters is 2. The monoisotopic (exact) mass is 687 g/mol. The van der Waals surface area contributed by atoms with Crippen molar-refractivity contribution in [1.29, 1.82) is 0 Å². The zero-order valence-corrected chi connectivity index (χ0v) is 31.8. The number of carbonyl (C=O) groups is 3. The third-order valence-electron chi connectivity index (χ3n) is 16.0. The molecule has 10 atom stereocenters. The van der Waals surface area contributed by atoms with E-state index in [1.807, 2.05) is 12.1 Å². The Morgan fingerprint density at radius 3 is 2.22 bits per heavy atom. The molecule has 5 aliphatic carbocycles. The van der Waals surface area contributed by atoms with E-state index in [4.69, 9.17) is 9.47 Å². The van der Waals surface area contributed by atoms with Crippen LogP contribution in [-0.2, 0) is 19.1 Å². The topological polar surface area (TPSA) is 102 Å². The van der Waals surface area contributed by atoms with Gasteiger partial charge in [0.2, 0.25) is 0 Å². The lowest BCUT2D eigenvalue weighted by atomic mass is 9.32. The third kappa shape index (κ3) is 5.51. The first-order valence-electron chi connectivity index (χ1n) is 19.1. The molecule has 50 heavy (non-hydrogen) atoms. The number of nitrogens with one attached hydrogen (secondary N) is 1. The number of hydrogen-bond donors (Lipinski definition) is 2. The summed E-state index contributed by atoms with van der Waals surface area (Å²) in [7, 11) is 2.74. The van der Waals surface area contributed by atoms with Crippen molar-refractivity contribution in [2.75, 3.05) is 20.8 Å². The summed E-state index contributed by atoms with van der Waals surface area (Å²) in [5.41, 5.74) is 4.71. The van der Waals surface area contributed by atoms with E-state index in [9.17, 15) is 19.5 Å². The van der Waals surface area contributed by atoms with Gasteiger partial charge in [-0.05, 0) is 145 Å². The maximum atomic E-state index is 12.8. The van der Waals surface area contributed by atoms with Crippen LogP contribution in [-0.4, -0.2) is 49.8 Å². The second-order valence-corrected chi connectivity index (χ2v) is 18.2. The van der Waals surface area contributed by atoms with Crippen molar-refractivity contribution in [3.05, 3.63) is 53.6 Å². The van der Waals surface area contributed by atoms with Crippen LogP contribution in [0.1, 0.15) is 122 Å². The molecule has 0 radical (unpaired) electrons. The largest absolute Gasteiger partial charge is 0.478 e. The first-order chi connectivity index (χ1) is 23.5. The van der Waals surface area contributed by atoms with Gasteiger partial charge in [0.1, 0.15) is 6.04 Å². The highest BCUT2D eigenvalue weighted by Gasteiger charge is 2.70. The fraction of sp³-hybridized carbons (Fsp3) is 0.698. The fourth-order valence-corrected chi connectivity index (χ4v) is 13.4. The van der Waals surface area contributed by atoms with Gasteiger partial charge in [-0.25, -0.2) is 4.79 Å². The average molecular weight is 688 g/mol. The Labute approximate surface area is 300 Å². The van der Waals surface area contributed by atoms with Crippen LogP contribution in [0, 0.1) is 56.7 Å². The highest BCUT2D eigenvalue weighted by molar-refractivity contribution is 5.88. The molecule has 1 aromatic rings. The van der Waals surface area contributed by atoms with Gasteiger partial charge in [0.25, 0.3) is 0 Å². The zero-order chi connectivity index (χ0) is 36.4. The van der Waals surface area contributed by atoms with Crippen LogP contribution in [0.5, 0.6) is 0 Å². The minimum Gasteiger partial charge on any atom is -0.478 e. The van der Waals surface area contributed by atoms with Crippen molar-refractivity contribution in [1.82, 2.24) is 5.32 Å². The molecule has 7 nitrogen and oxygen atoms in total. The van der Waals surface area contributed by atoms with E-state index in [-0.39, 0.29) is 33.5 Å². The van der Waals surface area contributed by atoms with Crippen LogP contribution in [0.15, 0.2) is 42.5 Å². The number of benzene rings is 1. The van der Waals surface area contributed by atoms with Crippen molar-refractivity contribution >= 4 is 23.5 Å². The lowest BCUT2D eigenvalue weighted by molar-refractivity contribution is -0.225. The van der Waals surface area contributed by atoms with Crippen LogP contribution >= 0.6 is 0 Å². The summed E-state index contributed by atoms with van der Waals surface area (Å²) < 4.78 is 10.0. The number of aromatic carboxylic acids is 1. The second-order valence-electron chi connectivity index (χ2n) is 18.2. The van der Waals surface area contributed by atoms with E-state index in [0.29, 0.717) is 41.7 Å². The predicted octanol–water partition coefficient (Wildman–Crippen LogP) is 8.73. The summed E-state index contributed by atoms with van der Waals surface area (Å²) in [5.74, 6) is 0.941. The smallest absolute Gasteiger partial charge is 0.335 e. The summed E-state index contributed by atoms with van der Waals surface area (Å²) in [6, 6.07) is 6.79. The highest BCUT2D eigenvalue weighted by Crippen LogP contribution is 2.77. The Morgan fingerprint density at radius 1 is 0.900 bits per heavy atom. The molecule has 5 aliphatic rings. The van der Waals surface area contributed by atoms with Crippen LogP contribution in [0.4, 0.5) is 0 Å². The summed E-state index contributed by atoms with van der Waals surface area (Å²) in [4.78, 5) is 36.6. The Bertz CT molecular complexity index is 1560. The molecular formula is C43H61NO6. The van der Waals surface area contributed by atoms with Crippen molar-refractivity contribution in [2.45, 2.75) is 112 Å². The number of ether oxygens (including phenoxy) is 2. The predicted molar refractivity (Wildman–Crippen MR) is 196 cm³/mol. The van der Waals surface area contributed by atoms with Gasteiger partial charge in [-0.1, -0.05) is 65.0 Å². The molecule has 0 aromatic heterocycles. The van der Waals surface area contributed by atoms with Crippen LogP contribution in [0.2, 0.25) is 0 Å². The van der Waals surface area contributed by atoms with Crippen LogP contribution in [0.3, 0.4) is 0 Å². The normalized spacial score (nSPS) is 39.0. The summed E-state index contributed by atoms with van der Waals surface area (Å²) in [6.07, 6.45) is 12.9. The molecular weight excluding hydrogens is 626 g/mol. The molecule has 2 N–H and O–H groups in total. The lowest BCUT2D eigenvalue weighted by Gasteiger charge is -2.72. The summed E-state index contributed by atoms with van der Waals surface area (Å²) in [6.45, 7) is 20.2.